The quantitative estimate of drug-likeness (QED) is 0.847. The summed E-state index contributed by atoms with van der Waals surface area (Å²) >= 11 is 11.7. The van der Waals surface area contributed by atoms with Gasteiger partial charge in [-0.2, -0.15) is 0 Å². The largest absolute Gasteiger partial charge is 0.322 e. The molecule has 1 amide bonds. The summed E-state index contributed by atoms with van der Waals surface area (Å²) in [5, 5.41) is 3.64. The number of nitrogens with one attached hydrogen (secondary N) is 1. The Bertz CT molecular complexity index is 599. The lowest BCUT2D eigenvalue weighted by Gasteiger charge is -2.08. The van der Waals surface area contributed by atoms with Gasteiger partial charge in [0.05, 0.1) is 0 Å². The Balaban J connectivity index is 2.25. The molecular weight excluding hydrogens is 271 g/mol. The van der Waals surface area contributed by atoms with Crippen molar-refractivity contribution in [2.75, 3.05) is 5.32 Å². The number of amides is 1. The predicted octanol–water partition coefficient (Wildman–Crippen LogP) is 3.95. The minimum atomic E-state index is -0.225. The van der Waals surface area contributed by atoms with Crippen LogP contribution in [0.25, 0.3) is 0 Å². The first-order valence-corrected chi connectivity index (χ1v) is 6.01. The molecule has 1 N–H and O–H groups in total. The number of carbonyl (C=O) groups is 1. The van der Waals surface area contributed by atoms with Crippen LogP contribution < -0.4 is 5.32 Å². The van der Waals surface area contributed by atoms with E-state index in [-0.39, 0.29) is 5.91 Å². The number of halogens is 2. The maximum absolute atomic E-state index is 12.1. The molecule has 1 aromatic heterocycles. The first-order chi connectivity index (χ1) is 8.58. The van der Waals surface area contributed by atoms with Crippen LogP contribution in [-0.4, -0.2) is 10.9 Å². The lowest BCUT2D eigenvalue weighted by Crippen LogP contribution is -2.13. The number of pyridine rings is 1. The molecule has 18 heavy (non-hydrogen) atoms. The van der Waals surface area contributed by atoms with Crippen LogP contribution in [0.3, 0.4) is 0 Å². The molecule has 3 nitrogen and oxygen atoms in total. The van der Waals surface area contributed by atoms with E-state index in [1.165, 1.54) is 6.20 Å². The van der Waals surface area contributed by atoms with Gasteiger partial charge in [0.15, 0.2) is 0 Å². The smallest absolute Gasteiger partial charge is 0.255 e. The van der Waals surface area contributed by atoms with Gasteiger partial charge in [0, 0.05) is 22.5 Å². The first kappa shape index (κ1) is 12.9. The molecule has 0 spiro atoms. The molecule has 0 aliphatic rings. The fourth-order valence-electron chi connectivity index (χ4n) is 1.53. The van der Waals surface area contributed by atoms with Gasteiger partial charge in [0.2, 0.25) is 0 Å². The van der Waals surface area contributed by atoms with Gasteiger partial charge in [0.25, 0.3) is 5.91 Å². The molecule has 0 aliphatic heterocycles. The van der Waals surface area contributed by atoms with Crippen molar-refractivity contribution in [2.45, 2.75) is 6.92 Å². The molecule has 0 fully saturated rings. The molecule has 0 radical (unpaired) electrons. The fourth-order valence-corrected chi connectivity index (χ4v) is 1.88. The number of anilines is 1. The third kappa shape index (κ3) is 2.81. The Morgan fingerprint density at radius 2 is 2.06 bits per heavy atom. The lowest BCUT2D eigenvalue weighted by molar-refractivity contribution is 0.102. The second kappa shape index (κ2) is 5.38. The zero-order chi connectivity index (χ0) is 13.1. The van der Waals surface area contributed by atoms with Gasteiger partial charge >= 0.3 is 0 Å². The van der Waals surface area contributed by atoms with Crippen LogP contribution in [0.4, 0.5) is 5.69 Å². The van der Waals surface area contributed by atoms with Crippen LogP contribution in [0.1, 0.15) is 15.9 Å². The number of carbonyl (C=O) groups excluding carboxylic acids is 1. The first-order valence-electron chi connectivity index (χ1n) is 5.26. The predicted molar refractivity (Wildman–Crippen MR) is 73.4 cm³/mol. The number of hydrogen-bond donors (Lipinski definition) is 1. The molecule has 0 saturated carbocycles. The average molecular weight is 281 g/mol. The summed E-state index contributed by atoms with van der Waals surface area (Å²) in [6, 6.07) is 8.46. The van der Waals surface area contributed by atoms with Crippen LogP contribution in [-0.2, 0) is 0 Å². The maximum Gasteiger partial charge on any atom is 0.255 e. The molecule has 0 bridgehead atoms. The normalized spacial score (nSPS) is 10.2. The average Bonchev–Trinajstić information content (AvgIpc) is 2.32. The van der Waals surface area contributed by atoms with Crippen LogP contribution in [0.2, 0.25) is 10.2 Å². The Morgan fingerprint density at radius 1 is 1.28 bits per heavy atom. The second-order valence-electron chi connectivity index (χ2n) is 3.73. The topological polar surface area (TPSA) is 42.0 Å². The van der Waals surface area contributed by atoms with E-state index in [1.54, 1.807) is 37.3 Å². The molecule has 0 saturated heterocycles. The third-order valence-corrected chi connectivity index (χ3v) is 3.11. The molecular formula is C13H10Cl2N2O. The van der Waals surface area contributed by atoms with Gasteiger partial charge in [-0.15, -0.1) is 0 Å². The van der Waals surface area contributed by atoms with E-state index in [2.05, 4.69) is 10.3 Å². The summed E-state index contributed by atoms with van der Waals surface area (Å²) in [6.07, 6.45) is 1.53. The molecule has 0 atom stereocenters. The van der Waals surface area contributed by atoms with Crippen LogP contribution in [0, 0.1) is 6.92 Å². The lowest BCUT2D eigenvalue weighted by atomic mass is 10.1. The van der Waals surface area contributed by atoms with Crippen molar-refractivity contribution >= 4 is 34.8 Å². The van der Waals surface area contributed by atoms with Crippen molar-refractivity contribution in [1.82, 2.24) is 4.98 Å². The Labute approximate surface area is 115 Å². The van der Waals surface area contributed by atoms with E-state index in [9.17, 15) is 4.79 Å². The minimum Gasteiger partial charge on any atom is -0.322 e. The number of rotatable bonds is 2. The van der Waals surface area contributed by atoms with Crippen LogP contribution in [0.5, 0.6) is 0 Å². The highest BCUT2D eigenvalue weighted by molar-refractivity contribution is 6.32. The number of aromatic nitrogens is 1. The Kier molecular flexibility index (Phi) is 3.84. The van der Waals surface area contributed by atoms with E-state index in [0.717, 1.165) is 5.56 Å². The number of nitrogens with zero attached hydrogens (tertiary/aromatic N) is 1. The van der Waals surface area contributed by atoms with Crippen molar-refractivity contribution < 1.29 is 4.79 Å². The van der Waals surface area contributed by atoms with E-state index < -0.39 is 0 Å². The van der Waals surface area contributed by atoms with Crippen LogP contribution >= 0.6 is 23.2 Å². The Hall–Kier alpha value is -1.58. The van der Waals surface area contributed by atoms with Gasteiger partial charge in [-0.3, -0.25) is 4.79 Å². The third-order valence-electron chi connectivity index (χ3n) is 2.50. The van der Waals surface area contributed by atoms with Crippen molar-refractivity contribution in [3.63, 3.8) is 0 Å². The van der Waals surface area contributed by atoms with E-state index in [0.29, 0.717) is 21.4 Å². The van der Waals surface area contributed by atoms with Crippen molar-refractivity contribution in [2.24, 2.45) is 0 Å². The second-order valence-corrected chi connectivity index (χ2v) is 4.53. The summed E-state index contributed by atoms with van der Waals surface area (Å²) < 4.78 is 0. The van der Waals surface area contributed by atoms with Gasteiger partial charge < -0.3 is 5.32 Å². The highest BCUT2D eigenvalue weighted by Crippen LogP contribution is 2.20. The van der Waals surface area contributed by atoms with Crippen molar-refractivity contribution in [3.05, 3.63) is 57.8 Å². The van der Waals surface area contributed by atoms with Crippen LogP contribution in [0.15, 0.2) is 36.5 Å². The molecule has 92 valence electrons. The van der Waals surface area contributed by atoms with Gasteiger partial charge in [-0.1, -0.05) is 29.3 Å². The summed E-state index contributed by atoms with van der Waals surface area (Å²) in [7, 11) is 0. The standard InChI is InChI=1S/C13H10Cl2N2O/c1-8-10(3-2-4-11(8)14)13(18)17-9-5-6-16-12(15)7-9/h2-7H,1H3,(H,16,17,18). The zero-order valence-electron chi connectivity index (χ0n) is 9.58. The van der Waals surface area contributed by atoms with Gasteiger partial charge in [-0.25, -0.2) is 4.98 Å². The molecule has 2 aromatic rings. The van der Waals surface area contributed by atoms with Crippen molar-refractivity contribution in [3.8, 4) is 0 Å². The molecule has 2 rings (SSSR count). The van der Waals surface area contributed by atoms with Crippen molar-refractivity contribution in [1.29, 1.82) is 0 Å². The number of hydrogen-bond acceptors (Lipinski definition) is 2. The molecule has 5 heteroatoms. The summed E-state index contributed by atoms with van der Waals surface area (Å²) in [4.78, 5) is 15.9. The SMILES string of the molecule is Cc1c(Cl)cccc1C(=O)Nc1ccnc(Cl)c1. The maximum atomic E-state index is 12.1. The monoisotopic (exact) mass is 280 g/mol. The zero-order valence-corrected chi connectivity index (χ0v) is 11.1. The number of benzene rings is 1. The van der Waals surface area contributed by atoms with E-state index in [1.807, 2.05) is 0 Å². The Morgan fingerprint density at radius 3 is 2.78 bits per heavy atom. The van der Waals surface area contributed by atoms with Gasteiger partial charge in [0.1, 0.15) is 5.15 Å². The van der Waals surface area contributed by atoms with Gasteiger partial charge in [-0.05, 0) is 36.8 Å². The summed E-state index contributed by atoms with van der Waals surface area (Å²) in [5.74, 6) is -0.225. The van der Waals surface area contributed by atoms with E-state index >= 15 is 0 Å². The molecule has 0 aliphatic carbocycles. The highest BCUT2D eigenvalue weighted by Gasteiger charge is 2.11. The minimum absolute atomic E-state index is 0.225. The summed E-state index contributed by atoms with van der Waals surface area (Å²) in [5.41, 5.74) is 1.88. The molecule has 1 heterocycles. The fraction of sp³-hybridized carbons (Fsp3) is 0.0769. The summed E-state index contributed by atoms with van der Waals surface area (Å²) in [6.45, 7) is 1.80. The molecule has 1 aromatic carbocycles. The van der Waals surface area contributed by atoms with E-state index in [4.69, 9.17) is 23.2 Å². The molecule has 0 unspecified atom stereocenters. The highest BCUT2D eigenvalue weighted by atomic mass is 35.5.